The second-order valence-electron chi connectivity index (χ2n) is 5.66. The summed E-state index contributed by atoms with van der Waals surface area (Å²) in [5.74, 6) is 0.0525. The molecule has 1 aliphatic heterocycles. The van der Waals surface area contributed by atoms with Crippen molar-refractivity contribution in [2.75, 3.05) is 5.75 Å². The van der Waals surface area contributed by atoms with Gasteiger partial charge in [-0.25, -0.2) is 0 Å². The molecule has 0 bridgehead atoms. The molecule has 0 aliphatic carbocycles. The van der Waals surface area contributed by atoms with Crippen molar-refractivity contribution in [2.45, 2.75) is 19.0 Å². The van der Waals surface area contributed by atoms with Crippen molar-refractivity contribution in [3.63, 3.8) is 0 Å². The summed E-state index contributed by atoms with van der Waals surface area (Å²) in [6.45, 7) is 0.492. The second kappa shape index (κ2) is 8.48. The summed E-state index contributed by atoms with van der Waals surface area (Å²) < 4.78 is 0. The summed E-state index contributed by atoms with van der Waals surface area (Å²) in [6, 6.07) is 19.3. The second-order valence-corrected chi connectivity index (χ2v) is 6.63. The van der Waals surface area contributed by atoms with E-state index < -0.39 is 0 Å². The van der Waals surface area contributed by atoms with Gasteiger partial charge in [0.15, 0.2) is 5.17 Å². The van der Waals surface area contributed by atoms with E-state index >= 15 is 0 Å². The Kier molecular flexibility index (Phi) is 5.85. The van der Waals surface area contributed by atoms with Crippen LogP contribution in [0.2, 0.25) is 0 Å². The molecular formula is C19H19N3O2S. The Morgan fingerprint density at radius 1 is 1.12 bits per heavy atom. The number of amidine groups is 1. The van der Waals surface area contributed by atoms with Crippen LogP contribution in [0, 0.1) is 0 Å². The van der Waals surface area contributed by atoms with E-state index in [9.17, 15) is 9.59 Å². The molecule has 0 spiro atoms. The molecule has 1 aliphatic rings. The topological polar surface area (TPSA) is 70.6 Å². The first-order chi connectivity index (χ1) is 12.2. The number of carbonyl (C=O) groups is 2. The summed E-state index contributed by atoms with van der Waals surface area (Å²) in [5, 5.41) is 6.10. The van der Waals surface area contributed by atoms with Crippen molar-refractivity contribution in [1.29, 1.82) is 0 Å². The van der Waals surface area contributed by atoms with Crippen molar-refractivity contribution in [2.24, 2.45) is 4.99 Å². The molecule has 6 heteroatoms. The molecule has 0 aromatic heterocycles. The Hall–Kier alpha value is -2.60. The zero-order valence-corrected chi connectivity index (χ0v) is 14.5. The number of carbonyl (C=O) groups excluding carboxylic acids is 2. The highest BCUT2D eigenvalue weighted by atomic mass is 32.2. The number of benzene rings is 2. The van der Waals surface area contributed by atoms with Crippen LogP contribution in [-0.2, 0) is 16.1 Å². The number of amides is 2. The van der Waals surface area contributed by atoms with Gasteiger partial charge >= 0.3 is 0 Å². The predicted molar refractivity (Wildman–Crippen MR) is 100 cm³/mol. The van der Waals surface area contributed by atoms with Gasteiger partial charge in [-0.05, 0) is 11.1 Å². The van der Waals surface area contributed by atoms with Crippen LogP contribution in [0.4, 0.5) is 0 Å². The fourth-order valence-electron chi connectivity index (χ4n) is 2.49. The molecule has 0 fully saturated rings. The maximum atomic E-state index is 12.0. The van der Waals surface area contributed by atoms with Crippen LogP contribution in [0.5, 0.6) is 0 Å². The molecule has 0 unspecified atom stereocenters. The zero-order chi connectivity index (χ0) is 17.5. The van der Waals surface area contributed by atoms with Crippen molar-refractivity contribution in [1.82, 2.24) is 10.6 Å². The highest BCUT2D eigenvalue weighted by Crippen LogP contribution is 2.25. The lowest BCUT2D eigenvalue weighted by atomic mass is 10.0. The molecule has 2 amide bonds. The summed E-state index contributed by atoms with van der Waals surface area (Å²) in [6.07, 6.45) is 0.328. The van der Waals surface area contributed by atoms with Crippen LogP contribution in [0.25, 0.3) is 0 Å². The van der Waals surface area contributed by atoms with E-state index in [0.717, 1.165) is 11.1 Å². The molecule has 0 saturated carbocycles. The van der Waals surface area contributed by atoms with Gasteiger partial charge in [0.1, 0.15) is 0 Å². The van der Waals surface area contributed by atoms with E-state index in [1.165, 1.54) is 11.8 Å². The van der Waals surface area contributed by atoms with E-state index in [1.54, 1.807) is 0 Å². The van der Waals surface area contributed by atoms with Crippen LogP contribution < -0.4 is 10.6 Å². The summed E-state index contributed by atoms with van der Waals surface area (Å²) in [4.78, 5) is 28.5. The molecule has 1 heterocycles. The van der Waals surface area contributed by atoms with Crippen molar-refractivity contribution in [3.05, 3.63) is 71.8 Å². The van der Waals surface area contributed by atoms with Gasteiger partial charge in [0, 0.05) is 6.54 Å². The number of nitrogens with one attached hydrogen (secondary N) is 2. The number of thioether (sulfide) groups is 1. The molecule has 0 radical (unpaired) electrons. The van der Waals surface area contributed by atoms with Crippen LogP contribution in [0.1, 0.15) is 23.6 Å². The Labute approximate surface area is 150 Å². The number of hydrogen-bond acceptors (Lipinski definition) is 4. The fourth-order valence-corrected chi connectivity index (χ4v) is 3.25. The Morgan fingerprint density at radius 3 is 2.52 bits per heavy atom. The molecule has 128 valence electrons. The van der Waals surface area contributed by atoms with Crippen LogP contribution in [-0.4, -0.2) is 22.7 Å². The number of hydrogen-bond donors (Lipinski definition) is 2. The van der Waals surface area contributed by atoms with Crippen LogP contribution >= 0.6 is 11.8 Å². The molecule has 5 nitrogen and oxygen atoms in total. The van der Waals surface area contributed by atoms with Crippen molar-refractivity contribution in [3.8, 4) is 0 Å². The number of aliphatic imine (C=N–C) groups is 1. The third-order valence-corrected chi connectivity index (χ3v) is 4.64. The fraction of sp³-hybridized carbons (Fsp3) is 0.211. The van der Waals surface area contributed by atoms with E-state index in [0.29, 0.717) is 18.1 Å². The molecule has 2 aromatic rings. The maximum Gasteiger partial charge on any atom is 0.230 e. The highest BCUT2D eigenvalue weighted by Gasteiger charge is 2.22. The van der Waals surface area contributed by atoms with Crippen molar-refractivity contribution < 1.29 is 9.59 Å². The number of rotatable bonds is 5. The minimum absolute atomic E-state index is 0.0731. The lowest BCUT2D eigenvalue weighted by molar-refractivity contribution is -0.120. The summed E-state index contributed by atoms with van der Waals surface area (Å²) >= 11 is 1.25. The lowest BCUT2D eigenvalue weighted by Crippen LogP contribution is -2.35. The molecule has 2 N–H and O–H groups in total. The zero-order valence-electron chi connectivity index (χ0n) is 13.6. The third kappa shape index (κ3) is 5.19. The van der Waals surface area contributed by atoms with E-state index in [4.69, 9.17) is 0 Å². The molecule has 2 aromatic carbocycles. The first-order valence-corrected chi connectivity index (χ1v) is 9.05. The highest BCUT2D eigenvalue weighted by molar-refractivity contribution is 8.14. The predicted octanol–water partition coefficient (Wildman–Crippen LogP) is 2.65. The van der Waals surface area contributed by atoms with Crippen LogP contribution in [0.15, 0.2) is 65.7 Å². The average molecular weight is 353 g/mol. The Bertz CT molecular complexity index is 763. The molecule has 0 saturated heterocycles. The first-order valence-electron chi connectivity index (χ1n) is 8.07. The first kappa shape index (κ1) is 17.2. The van der Waals surface area contributed by atoms with Crippen molar-refractivity contribution >= 4 is 28.7 Å². The molecule has 1 atom stereocenters. The minimum atomic E-state index is -0.190. The SMILES string of the molecule is O=C(CSC1=N[C@H](c2ccccc2)CC(=O)N1)NCc1ccccc1. The van der Waals surface area contributed by atoms with Crippen LogP contribution in [0.3, 0.4) is 0 Å². The van der Waals surface area contributed by atoms with Gasteiger partial charge in [0.25, 0.3) is 0 Å². The van der Waals surface area contributed by atoms with Gasteiger partial charge in [0.05, 0.1) is 18.2 Å². The average Bonchev–Trinajstić information content (AvgIpc) is 2.66. The maximum absolute atomic E-state index is 12.0. The molecular weight excluding hydrogens is 334 g/mol. The van der Waals surface area contributed by atoms with Gasteiger partial charge < -0.3 is 10.6 Å². The van der Waals surface area contributed by atoms with E-state index in [1.807, 2.05) is 60.7 Å². The summed E-state index contributed by atoms with van der Waals surface area (Å²) in [5.41, 5.74) is 2.05. The van der Waals surface area contributed by atoms with Gasteiger partial charge in [-0.3, -0.25) is 14.6 Å². The lowest BCUT2D eigenvalue weighted by Gasteiger charge is -2.20. The molecule has 3 rings (SSSR count). The Balaban J connectivity index is 1.53. The van der Waals surface area contributed by atoms with E-state index in [2.05, 4.69) is 15.6 Å². The quantitative estimate of drug-likeness (QED) is 0.868. The van der Waals surface area contributed by atoms with E-state index in [-0.39, 0.29) is 23.6 Å². The minimum Gasteiger partial charge on any atom is -0.351 e. The third-order valence-electron chi connectivity index (χ3n) is 3.76. The van der Waals surface area contributed by atoms with Gasteiger partial charge in [-0.2, -0.15) is 0 Å². The Morgan fingerprint density at radius 2 is 1.80 bits per heavy atom. The smallest absolute Gasteiger partial charge is 0.230 e. The molecule has 25 heavy (non-hydrogen) atoms. The van der Waals surface area contributed by atoms with Gasteiger partial charge in [0.2, 0.25) is 11.8 Å². The normalized spacial score (nSPS) is 16.7. The van der Waals surface area contributed by atoms with Gasteiger partial charge in [-0.15, -0.1) is 0 Å². The monoisotopic (exact) mass is 353 g/mol. The van der Waals surface area contributed by atoms with Gasteiger partial charge in [-0.1, -0.05) is 72.4 Å². The standard InChI is InChI=1S/C19H19N3O2S/c23-17-11-16(15-9-5-2-6-10-15)21-19(22-17)25-13-18(24)20-12-14-7-3-1-4-8-14/h1-10,16H,11-13H2,(H,20,24)(H,21,22,23)/t16-/m0/s1. The summed E-state index contributed by atoms with van der Waals surface area (Å²) in [7, 11) is 0. The largest absolute Gasteiger partial charge is 0.351 e. The number of nitrogens with zero attached hydrogens (tertiary/aromatic N) is 1.